The van der Waals surface area contributed by atoms with Crippen LogP contribution in [-0.4, -0.2) is 36.0 Å². The van der Waals surface area contributed by atoms with E-state index in [1.54, 1.807) is 0 Å². The number of aromatic nitrogens is 1. The van der Waals surface area contributed by atoms with Gasteiger partial charge in [0.2, 0.25) is 0 Å². The Balaban J connectivity index is 2.04. The quantitative estimate of drug-likeness (QED) is 0.104. The predicted octanol–water partition coefficient (Wildman–Crippen LogP) is 8.05. The van der Waals surface area contributed by atoms with Gasteiger partial charge in [0.25, 0.3) is 5.78 Å². The van der Waals surface area contributed by atoms with Crippen molar-refractivity contribution in [3.8, 4) is 0 Å². The minimum absolute atomic E-state index is 0.117. The first kappa shape index (κ1) is 25.4. The molecule has 0 saturated carbocycles. The molecule has 2 heterocycles. The SMILES string of the molecule is CN1CSC(C(F)(F)F)c2ccc3c(c(C(=O)C(F)(F)F)cc4c(C(F)(F)F)c5ccccc5nc43)c21. The number of hydrogen-bond acceptors (Lipinski definition) is 4. The molecular weight excluding hydrogens is 535 g/mol. The normalized spacial score (nSPS) is 17.0. The molecule has 1 aliphatic rings. The molecule has 0 radical (unpaired) electrons. The molecule has 1 unspecified atom stereocenters. The van der Waals surface area contributed by atoms with Crippen LogP contribution in [0.15, 0.2) is 42.5 Å². The van der Waals surface area contributed by atoms with Gasteiger partial charge in [-0.15, -0.1) is 11.8 Å². The molecule has 1 aromatic heterocycles. The number of rotatable bonds is 1. The van der Waals surface area contributed by atoms with Crippen molar-refractivity contribution < 1.29 is 44.3 Å². The molecular formula is C24H13F9N2OS. The van der Waals surface area contributed by atoms with Crippen molar-refractivity contribution >= 4 is 55.8 Å². The van der Waals surface area contributed by atoms with Crippen LogP contribution in [0.5, 0.6) is 0 Å². The van der Waals surface area contributed by atoms with Crippen molar-refractivity contribution in [2.45, 2.75) is 23.8 Å². The molecule has 0 aliphatic carbocycles. The van der Waals surface area contributed by atoms with Gasteiger partial charge in [0, 0.05) is 34.2 Å². The standard InChI is InChI=1S/C24H13F9N2OS/c1-35-9-37-21(24(31,32)33)12-7-6-11-16(19(12)35)13(20(36)23(28,29)30)8-14-17(22(25,26)27)10-4-2-3-5-15(10)34-18(11)14/h2-8,21H,9H2,1H3. The van der Waals surface area contributed by atoms with E-state index in [0.29, 0.717) is 17.8 Å². The summed E-state index contributed by atoms with van der Waals surface area (Å²) in [5, 5.41) is -4.08. The number of nitrogens with zero attached hydrogens (tertiary/aromatic N) is 2. The number of ketones is 1. The molecule has 0 spiro atoms. The predicted molar refractivity (Wildman–Crippen MR) is 122 cm³/mol. The first-order valence-corrected chi connectivity index (χ1v) is 11.6. The molecule has 37 heavy (non-hydrogen) atoms. The molecule has 0 saturated heterocycles. The van der Waals surface area contributed by atoms with Gasteiger partial charge in [0.05, 0.1) is 28.2 Å². The molecule has 0 bridgehead atoms. The Morgan fingerprint density at radius 3 is 2.24 bits per heavy atom. The smallest absolute Gasteiger partial charge is 0.365 e. The van der Waals surface area contributed by atoms with Crippen LogP contribution in [0, 0.1) is 0 Å². The Labute approximate surface area is 206 Å². The molecule has 0 amide bonds. The first-order valence-electron chi connectivity index (χ1n) is 10.5. The van der Waals surface area contributed by atoms with E-state index in [1.165, 1.54) is 30.1 Å². The van der Waals surface area contributed by atoms with Gasteiger partial charge in [0.15, 0.2) is 0 Å². The minimum Gasteiger partial charge on any atom is -0.365 e. The lowest BCUT2D eigenvalue weighted by Crippen LogP contribution is -2.31. The summed E-state index contributed by atoms with van der Waals surface area (Å²) in [6, 6.07) is 7.58. The summed E-state index contributed by atoms with van der Waals surface area (Å²) in [7, 11) is 1.33. The van der Waals surface area contributed by atoms with Crippen LogP contribution in [0.4, 0.5) is 45.2 Å². The molecule has 4 aromatic rings. The van der Waals surface area contributed by atoms with Crippen LogP contribution in [0.2, 0.25) is 0 Å². The molecule has 13 heteroatoms. The van der Waals surface area contributed by atoms with Crippen molar-refractivity contribution in [2.24, 2.45) is 0 Å². The number of halogens is 9. The highest BCUT2D eigenvalue weighted by molar-refractivity contribution is 7.99. The highest BCUT2D eigenvalue weighted by atomic mass is 32.2. The zero-order valence-corrected chi connectivity index (χ0v) is 19.3. The van der Waals surface area contributed by atoms with Crippen LogP contribution in [0.25, 0.3) is 32.6 Å². The number of anilines is 1. The van der Waals surface area contributed by atoms with E-state index in [-0.39, 0.29) is 28.0 Å². The van der Waals surface area contributed by atoms with Gasteiger partial charge >= 0.3 is 18.5 Å². The van der Waals surface area contributed by atoms with Gasteiger partial charge in [-0.05, 0) is 17.7 Å². The molecule has 1 aliphatic heterocycles. The van der Waals surface area contributed by atoms with E-state index in [1.807, 2.05) is 0 Å². The number of fused-ring (bicyclic) bond motifs is 6. The highest BCUT2D eigenvalue weighted by Crippen LogP contribution is 2.53. The summed E-state index contributed by atoms with van der Waals surface area (Å²) >= 11 is 0.490. The first-order chi connectivity index (χ1) is 17.1. The Kier molecular flexibility index (Phi) is 5.59. The van der Waals surface area contributed by atoms with Crippen molar-refractivity contribution in [1.82, 2.24) is 4.98 Å². The summed E-state index contributed by atoms with van der Waals surface area (Å²) in [5.41, 5.74) is -3.66. The van der Waals surface area contributed by atoms with Crippen molar-refractivity contribution in [3.05, 3.63) is 59.2 Å². The maximum Gasteiger partial charge on any atom is 0.454 e. The van der Waals surface area contributed by atoms with Crippen LogP contribution in [0.3, 0.4) is 0 Å². The van der Waals surface area contributed by atoms with E-state index in [4.69, 9.17) is 0 Å². The number of benzene rings is 3. The second-order valence-electron chi connectivity index (χ2n) is 8.49. The Morgan fingerprint density at radius 2 is 1.62 bits per heavy atom. The van der Waals surface area contributed by atoms with Crippen LogP contribution in [0.1, 0.15) is 26.7 Å². The Hall–Kier alpha value is -3.22. The maximum atomic E-state index is 14.3. The number of hydrogen-bond donors (Lipinski definition) is 0. The van der Waals surface area contributed by atoms with Crippen molar-refractivity contribution in [3.63, 3.8) is 0 Å². The van der Waals surface area contributed by atoms with Gasteiger partial charge < -0.3 is 4.90 Å². The van der Waals surface area contributed by atoms with Crippen LogP contribution in [-0.2, 0) is 6.18 Å². The number of alkyl halides is 9. The third kappa shape index (κ3) is 4.03. The van der Waals surface area contributed by atoms with Crippen molar-refractivity contribution in [1.29, 1.82) is 0 Å². The van der Waals surface area contributed by atoms with Crippen molar-refractivity contribution in [2.75, 3.05) is 17.8 Å². The molecule has 5 rings (SSSR count). The van der Waals surface area contributed by atoms with Gasteiger partial charge in [-0.2, -0.15) is 39.5 Å². The number of Topliss-reactive ketones (excluding diaryl/α,β-unsaturated/α-hetero) is 1. The largest absolute Gasteiger partial charge is 0.454 e. The Morgan fingerprint density at radius 1 is 0.946 bits per heavy atom. The van der Waals surface area contributed by atoms with Crippen LogP contribution < -0.4 is 4.90 Å². The van der Waals surface area contributed by atoms with E-state index in [0.717, 1.165) is 18.2 Å². The van der Waals surface area contributed by atoms with Gasteiger partial charge in [0.1, 0.15) is 5.25 Å². The maximum absolute atomic E-state index is 14.3. The topological polar surface area (TPSA) is 33.2 Å². The Bertz CT molecular complexity index is 1590. The zero-order valence-electron chi connectivity index (χ0n) is 18.4. The third-order valence-electron chi connectivity index (χ3n) is 6.13. The lowest BCUT2D eigenvalue weighted by Gasteiger charge is -2.35. The molecule has 194 valence electrons. The summed E-state index contributed by atoms with van der Waals surface area (Å²) < 4.78 is 125. The molecule has 0 N–H and O–H groups in total. The summed E-state index contributed by atoms with van der Waals surface area (Å²) in [6.45, 7) is 0. The average molecular weight is 548 g/mol. The summed E-state index contributed by atoms with van der Waals surface area (Å²) in [6.07, 6.45) is -15.3. The number of pyridine rings is 1. The monoisotopic (exact) mass is 548 g/mol. The third-order valence-corrected chi connectivity index (χ3v) is 7.53. The fourth-order valence-corrected chi connectivity index (χ4v) is 5.80. The average Bonchev–Trinajstić information content (AvgIpc) is 2.79. The minimum atomic E-state index is -5.50. The van der Waals surface area contributed by atoms with E-state index < -0.39 is 62.4 Å². The lowest BCUT2D eigenvalue weighted by atomic mass is 9.90. The number of carbonyl (C=O) groups is 1. The fraction of sp³-hybridized carbons (Fsp3) is 0.250. The molecule has 3 aromatic carbocycles. The van der Waals surface area contributed by atoms with E-state index in [9.17, 15) is 44.3 Å². The van der Waals surface area contributed by atoms with Gasteiger partial charge in [-0.1, -0.05) is 30.3 Å². The number of para-hydroxylation sites is 1. The lowest BCUT2D eigenvalue weighted by molar-refractivity contribution is -0.135. The number of thioether (sulfide) groups is 1. The van der Waals surface area contributed by atoms with E-state index >= 15 is 0 Å². The molecule has 1 atom stereocenters. The van der Waals surface area contributed by atoms with E-state index in [2.05, 4.69) is 4.98 Å². The highest BCUT2D eigenvalue weighted by Gasteiger charge is 2.47. The zero-order chi connectivity index (χ0) is 27.1. The second-order valence-corrected chi connectivity index (χ2v) is 9.55. The molecule has 3 nitrogen and oxygen atoms in total. The summed E-state index contributed by atoms with van der Waals surface area (Å²) in [4.78, 5) is 18.0. The van der Waals surface area contributed by atoms with Gasteiger partial charge in [-0.25, -0.2) is 4.98 Å². The molecule has 0 fully saturated rings. The second kappa shape index (κ2) is 8.14. The van der Waals surface area contributed by atoms with Crippen LogP contribution >= 0.6 is 11.8 Å². The summed E-state index contributed by atoms with van der Waals surface area (Å²) in [5.74, 6) is -2.75. The van der Waals surface area contributed by atoms with Gasteiger partial charge in [-0.3, -0.25) is 4.79 Å². The number of carbonyl (C=O) groups excluding carboxylic acids is 1. The fourth-order valence-electron chi connectivity index (χ4n) is 4.74.